The van der Waals surface area contributed by atoms with Gasteiger partial charge in [-0.15, -0.1) is 0 Å². The summed E-state index contributed by atoms with van der Waals surface area (Å²) in [4.78, 5) is 22.9. The minimum absolute atomic E-state index is 0.0652. The summed E-state index contributed by atoms with van der Waals surface area (Å²) in [7, 11) is 0. The highest BCUT2D eigenvalue weighted by atomic mass is 35.5. The van der Waals surface area contributed by atoms with Crippen molar-refractivity contribution >= 4 is 52.3 Å². The number of carbonyl (C=O) groups excluding carboxylic acids is 2. The third-order valence-corrected chi connectivity index (χ3v) is 3.27. The molecule has 0 saturated carbocycles. The average molecular weight is 326 g/mol. The lowest BCUT2D eigenvalue weighted by molar-refractivity contribution is -0.136. The lowest BCUT2D eigenvalue weighted by Gasteiger charge is -2.08. The van der Waals surface area contributed by atoms with E-state index >= 15 is 0 Å². The molecule has 0 saturated heterocycles. The molecule has 0 fully saturated rings. The Morgan fingerprint density at radius 3 is 2.21 bits per heavy atom. The van der Waals surface area contributed by atoms with E-state index in [4.69, 9.17) is 39.9 Å². The molecule has 3 N–H and O–H groups in total. The SMILES string of the molecule is O=C(NCCCO)C(=O)Nc1cc(Cl)c(Cl)c(Cl)c1. The maximum Gasteiger partial charge on any atom is 0.313 e. The number of benzene rings is 1. The van der Waals surface area contributed by atoms with E-state index in [1.54, 1.807) is 0 Å². The smallest absolute Gasteiger partial charge is 0.313 e. The van der Waals surface area contributed by atoms with Crippen molar-refractivity contribution in [3.8, 4) is 0 Å². The van der Waals surface area contributed by atoms with E-state index in [1.165, 1.54) is 12.1 Å². The second-order valence-corrected chi connectivity index (χ2v) is 4.73. The Balaban J connectivity index is 2.64. The van der Waals surface area contributed by atoms with E-state index < -0.39 is 11.8 Å². The van der Waals surface area contributed by atoms with Gasteiger partial charge in [0.15, 0.2) is 0 Å². The molecule has 1 rings (SSSR count). The molecule has 8 heteroatoms. The molecule has 0 bridgehead atoms. The zero-order chi connectivity index (χ0) is 14.4. The van der Waals surface area contributed by atoms with Gasteiger partial charge < -0.3 is 15.7 Å². The molecule has 1 aromatic rings. The second-order valence-electron chi connectivity index (χ2n) is 3.54. The third-order valence-electron chi connectivity index (χ3n) is 2.07. The molecule has 0 aromatic heterocycles. The highest BCUT2D eigenvalue weighted by Crippen LogP contribution is 2.33. The number of hydrogen-bond donors (Lipinski definition) is 3. The van der Waals surface area contributed by atoms with Crippen LogP contribution in [0, 0.1) is 0 Å². The van der Waals surface area contributed by atoms with E-state index in [0.717, 1.165) is 0 Å². The summed E-state index contributed by atoms with van der Waals surface area (Å²) in [6.07, 6.45) is 0.373. The fourth-order valence-corrected chi connectivity index (χ4v) is 1.77. The van der Waals surface area contributed by atoms with Gasteiger partial charge >= 0.3 is 11.8 Å². The number of aliphatic hydroxyl groups is 1. The van der Waals surface area contributed by atoms with Gasteiger partial charge in [0.1, 0.15) is 0 Å². The summed E-state index contributed by atoms with van der Waals surface area (Å²) < 4.78 is 0. The van der Waals surface area contributed by atoms with Crippen molar-refractivity contribution in [2.45, 2.75) is 6.42 Å². The molecule has 0 radical (unpaired) electrons. The summed E-state index contributed by atoms with van der Waals surface area (Å²) in [5, 5.41) is 13.7. The first-order valence-electron chi connectivity index (χ1n) is 5.30. The summed E-state index contributed by atoms with van der Waals surface area (Å²) >= 11 is 17.3. The zero-order valence-corrected chi connectivity index (χ0v) is 11.9. The second kappa shape index (κ2) is 7.55. The summed E-state index contributed by atoms with van der Waals surface area (Å²) in [6.45, 7) is 0.148. The predicted molar refractivity (Wildman–Crippen MR) is 74.8 cm³/mol. The first-order valence-corrected chi connectivity index (χ1v) is 6.43. The third kappa shape index (κ3) is 4.87. The molecule has 0 unspecified atom stereocenters. The van der Waals surface area contributed by atoms with Crippen molar-refractivity contribution in [2.75, 3.05) is 18.5 Å². The topological polar surface area (TPSA) is 78.4 Å². The van der Waals surface area contributed by atoms with E-state index in [9.17, 15) is 9.59 Å². The predicted octanol–water partition coefficient (Wildman–Crippen LogP) is 2.08. The maximum atomic E-state index is 11.5. The maximum absolute atomic E-state index is 11.5. The van der Waals surface area contributed by atoms with Gasteiger partial charge in [0.05, 0.1) is 15.1 Å². The number of aliphatic hydroxyl groups excluding tert-OH is 1. The summed E-state index contributed by atoms with van der Waals surface area (Å²) in [5.74, 6) is -1.66. The van der Waals surface area contributed by atoms with E-state index in [-0.39, 0.29) is 33.9 Å². The van der Waals surface area contributed by atoms with Gasteiger partial charge in [-0.2, -0.15) is 0 Å². The monoisotopic (exact) mass is 324 g/mol. The van der Waals surface area contributed by atoms with Crippen LogP contribution in [0.2, 0.25) is 15.1 Å². The number of rotatable bonds is 4. The van der Waals surface area contributed by atoms with Gasteiger partial charge in [-0.1, -0.05) is 34.8 Å². The first-order chi connectivity index (χ1) is 8.95. The molecule has 0 aliphatic carbocycles. The number of carbonyl (C=O) groups is 2. The molecule has 19 heavy (non-hydrogen) atoms. The lowest BCUT2D eigenvalue weighted by atomic mass is 10.3. The molecule has 2 amide bonds. The van der Waals surface area contributed by atoms with Crippen LogP contribution in [0.25, 0.3) is 0 Å². The van der Waals surface area contributed by atoms with Crippen LogP contribution in [0.15, 0.2) is 12.1 Å². The largest absolute Gasteiger partial charge is 0.396 e. The molecule has 5 nitrogen and oxygen atoms in total. The first kappa shape index (κ1) is 16.0. The number of nitrogens with one attached hydrogen (secondary N) is 2. The Morgan fingerprint density at radius 2 is 1.68 bits per heavy atom. The molecule has 0 spiro atoms. The van der Waals surface area contributed by atoms with Crippen LogP contribution < -0.4 is 10.6 Å². The van der Waals surface area contributed by atoms with Crippen LogP contribution >= 0.6 is 34.8 Å². The molecule has 1 aromatic carbocycles. The van der Waals surface area contributed by atoms with Crippen molar-refractivity contribution in [3.63, 3.8) is 0 Å². The van der Waals surface area contributed by atoms with Gasteiger partial charge in [0.2, 0.25) is 0 Å². The quantitative estimate of drug-likeness (QED) is 0.450. The fraction of sp³-hybridized carbons (Fsp3) is 0.273. The number of amides is 2. The number of anilines is 1. The summed E-state index contributed by atoms with van der Waals surface area (Å²) in [6, 6.07) is 2.77. The van der Waals surface area contributed by atoms with E-state index in [2.05, 4.69) is 10.6 Å². The van der Waals surface area contributed by atoms with Crippen LogP contribution in [0.4, 0.5) is 5.69 Å². The fourth-order valence-electron chi connectivity index (χ4n) is 1.18. The molecule has 0 aliphatic heterocycles. The molecular weight excluding hydrogens is 314 g/mol. The molecular formula is C11H11Cl3N2O3. The van der Waals surface area contributed by atoms with Gasteiger partial charge in [0, 0.05) is 18.8 Å². The van der Waals surface area contributed by atoms with Gasteiger partial charge in [-0.25, -0.2) is 0 Å². The highest BCUT2D eigenvalue weighted by molar-refractivity contribution is 6.48. The van der Waals surface area contributed by atoms with Crippen LogP contribution in [0.3, 0.4) is 0 Å². The van der Waals surface area contributed by atoms with Crippen molar-refractivity contribution in [2.24, 2.45) is 0 Å². The van der Waals surface area contributed by atoms with Gasteiger partial charge in [-0.05, 0) is 18.6 Å². The molecule has 0 aliphatic rings. The molecule has 0 atom stereocenters. The van der Waals surface area contributed by atoms with Gasteiger partial charge in [-0.3, -0.25) is 9.59 Å². The Morgan fingerprint density at radius 1 is 1.11 bits per heavy atom. The van der Waals surface area contributed by atoms with Crippen LogP contribution in [0.5, 0.6) is 0 Å². The van der Waals surface area contributed by atoms with Gasteiger partial charge in [0.25, 0.3) is 0 Å². The molecule has 0 heterocycles. The van der Waals surface area contributed by atoms with Crippen LogP contribution in [-0.4, -0.2) is 30.1 Å². The Bertz CT molecular complexity index is 471. The van der Waals surface area contributed by atoms with Crippen LogP contribution in [-0.2, 0) is 9.59 Å². The number of halogens is 3. The Kier molecular flexibility index (Phi) is 6.37. The minimum atomic E-state index is -0.854. The van der Waals surface area contributed by atoms with Crippen molar-refractivity contribution < 1.29 is 14.7 Å². The average Bonchev–Trinajstić information content (AvgIpc) is 2.36. The van der Waals surface area contributed by atoms with E-state index in [1.807, 2.05) is 0 Å². The summed E-state index contributed by atoms with van der Waals surface area (Å²) in [5.41, 5.74) is 0.265. The normalized spacial score (nSPS) is 10.1. The number of hydrogen-bond acceptors (Lipinski definition) is 3. The zero-order valence-electron chi connectivity index (χ0n) is 9.67. The van der Waals surface area contributed by atoms with Crippen molar-refractivity contribution in [1.82, 2.24) is 5.32 Å². The van der Waals surface area contributed by atoms with Crippen molar-refractivity contribution in [3.05, 3.63) is 27.2 Å². The van der Waals surface area contributed by atoms with Crippen molar-refractivity contribution in [1.29, 1.82) is 0 Å². The lowest BCUT2D eigenvalue weighted by Crippen LogP contribution is -2.36. The standard InChI is InChI=1S/C11H11Cl3N2O3/c12-7-4-6(5-8(13)9(7)14)16-11(19)10(18)15-2-1-3-17/h4-5,17H,1-3H2,(H,15,18)(H,16,19). The Labute approximate surface area is 124 Å². The van der Waals surface area contributed by atoms with E-state index in [0.29, 0.717) is 6.42 Å². The minimum Gasteiger partial charge on any atom is -0.396 e. The highest BCUT2D eigenvalue weighted by Gasteiger charge is 2.14. The Hall–Kier alpha value is -1.01. The molecule has 104 valence electrons. The van der Waals surface area contributed by atoms with Crippen LogP contribution in [0.1, 0.15) is 6.42 Å².